The van der Waals surface area contributed by atoms with Gasteiger partial charge < -0.3 is 154 Å². The second-order valence-electron chi connectivity index (χ2n) is 24.1. The number of ether oxygens (including phenoxy) is 10. The first-order valence-corrected chi connectivity index (χ1v) is 43.6. The number of hydrogen-bond acceptors (Lipinski definition) is 32. The van der Waals surface area contributed by atoms with E-state index in [1.165, 1.54) is 14.0 Å². The quantitative estimate of drug-likeness (QED) is 0.0304. The molecule has 10 unspecified atom stereocenters. The zero-order valence-corrected chi connectivity index (χ0v) is 63.5. The number of amides is 1. The van der Waals surface area contributed by atoms with E-state index < -0.39 is 150 Å². The van der Waals surface area contributed by atoms with Crippen LogP contribution in [0.5, 0.6) is 0 Å². The first-order chi connectivity index (χ1) is 46.6. The summed E-state index contributed by atoms with van der Waals surface area (Å²) < 4.78 is 102. The van der Waals surface area contributed by atoms with Gasteiger partial charge >= 0.3 is 26.9 Å². The van der Waals surface area contributed by atoms with Gasteiger partial charge in [0.1, 0.15) is 48.8 Å². The van der Waals surface area contributed by atoms with Crippen molar-refractivity contribution in [1.82, 2.24) is 5.32 Å². The van der Waals surface area contributed by atoms with Gasteiger partial charge in [-0.25, -0.2) is 0 Å². The van der Waals surface area contributed by atoms with Crippen molar-refractivity contribution in [3.05, 3.63) is 0 Å². The predicted molar refractivity (Wildman–Crippen MR) is 367 cm³/mol. The minimum absolute atomic E-state index is 0.00346. The summed E-state index contributed by atoms with van der Waals surface area (Å²) in [6.07, 6.45) is -5.14. The van der Waals surface area contributed by atoms with Crippen LogP contribution in [0.15, 0.2) is 0 Å². The first kappa shape index (κ1) is 93.0. The molecular formula is C57H113NO32P4S4. The Hall–Kier alpha value is 0.830. The van der Waals surface area contributed by atoms with Gasteiger partial charge in [-0.1, -0.05) is 39.5 Å². The lowest BCUT2D eigenvalue weighted by Gasteiger charge is -2.42. The van der Waals surface area contributed by atoms with Crippen LogP contribution < -0.4 is 5.32 Å². The average Bonchev–Trinajstić information content (AvgIpc) is 0.827. The fourth-order valence-electron chi connectivity index (χ4n) is 9.97. The molecule has 582 valence electrons. The van der Waals surface area contributed by atoms with Gasteiger partial charge in [-0.3, -0.25) is 4.79 Å². The summed E-state index contributed by atoms with van der Waals surface area (Å²) >= 11 is 20.6. The third-order valence-electron chi connectivity index (χ3n) is 15.7. The Kier molecular flexibility index (Phi) is 48.6. The summed E-state index contributed by atoms with van der Waals surface area (Å²) in [7, 11) is 1.31. The lowest BCUT2D eigenvalue weighted by Crippen LogP contribution is -2.64. The van der Waals surface area contributed by atoms with Crippen molar-refractivity contribution in [2.24, 2.45) is 17.3 Å². The Morgan fingerprint density at radius 1 is 0.388 bits per heavy atom. The number of aliphatic hydroxyl groups excluding tert-OH is 9. The van der Waals surface area contributed by atoms with E-state index in [1.54, 1.807) is 13.8 Å². The number of carbonyl (C=O) groups is 1. The molecule has 0 aromatic rings. The summed E-state index contributed by atoms with van der Waals surface area (Å²) in [6, 6.07) is -1.10. The van der Waals surface area contributed by atoms with Crippen LogP contribution in [-0.4, -0.2) is 297 Å². The minimum Gasteiger partial charge on any atom is -0.394 e. The van der Waals surface area contributed by atoms with Crippen molar-refractivity contribution in [1.29, 1.82) is 0 Å². The van der Waals surface area contributed by atoms with Crippen LogP contribution in [0.1, 0.15) is 117 Å². The largest absolute Gasteiger partial charge is 0.394 e. The molecule has 3 rings (SSSR count). The van der Waals surface area contributed by atoms with Crippen molar-refractivity contribution in [3.63, 3.8) is 0 Å². The molecule has 3 fully saturated rings. The zero-order chi connectivity index (χ0) is 72.6. The van der Waals surface area contributed by atoms with E-state index in [9.17, 15) is 70.3 Å². The fraction of sp³-hybridized carbons (Fsp3) is 0.982. The summed E-state index contributed by atoms with van der Waals surface area (Å²) in [5.41, 5.74) is -0.920. The van der Waals surface area contributed by atoms with Crippen molar-refractivity contribution in [2.75, 3.05) is 146 Å². The molecule has 3 aliphatic heterocycles. The van der Waals surface area contributed by atoms with Crippen molar-refractivity contribution < 1.29 is 154 Å². The number of carbonyl (C=O) groups excluding carboxylic acids is 1. The summed E-state index contributed by atoms with van der Waals surface area (Å²) in [5, 5.41) is 92.8. The Bertz CT molecular complexity index is 2230. The lowest BCUT2D eigenvalue weighted by molar-refractivity contribution is -0.282. The summed E-state index contributed by atoms with van der Waals surface area (Å²) in [6.45, 7) is -9.16. The van der Waals surface area contributed by atoms with Crippen LogP contribution >= 0.6 is 26.9 Å². The Balaban J connectivity index is 1.57. The van der Waals surface area contributed by atoms with Gasteiger partial charge in [0.2, 0.25) is 5.91 Å². The van der Waals surface area contributed by atoms with Gasteiger partial charge in [-0.15, -0.1) is 0 Å². The molecule has 0 bridgehead atoms. The van der Waals surface area contributed by atoms with E-state index in [2.05, 4.69) is 5.32 Å². The molecule has 41 heteroatoms. The topological polar surface area (TPSA) is 458 Å². The van der Waals surface area contributed by atoms with E-state index >= 15 is 0 Å². The lowest BCUT2D eigenvalue weighted by atomic mass is 9.92. The molecule has 0 aromatic heterocycles. The molecule has 0 saturated carbocycles. The molecule has 33 nitrogen and oxygen atoms in total. The molecule has 3 aliphatic rings. The number of rotatable bonds is 59. The van der Waals surface area contributed by atoms with Gasteiger partial charge in [0.25, 0.3) is 0 Å². The monoisotopic (exact) mass is 1580 g/mol. The molecular weight excluding hydrogens is 1460 g/mol. The van der Waals surface area contributed by atoms with E-state index in [0.29, 0.717) is 71.0 Å². The van der Waals surface area contributed by atoms with Crippen LogP contribution in [0.3, 0.4) is 0 Å². The smallest absolute Gasteiger partial charge is 0.324 e. The highest BCUT2D eigenvalue weighted by molar-refractivity contribution is 8.08. The second-order valence-corrected chi connectivity index (χ2v) is 35.5. The van der Waals surface area contributed by atoms with Crippen LogP contribution in [0.2, 0.25) is 0 Å². The van der Waals surface area contributed by atoms with Crippen molar-refractivity contribution >= 4 is 80.0 Å². The predicted octanol–water partition coefficient (Wildman–Crippen LogP) is 1.66. The molecule has 0 spiro atoms. The molecule has 98 heavy (non-hydrogen) atoms. The summed E-state index contributed by atoms with van der Waals surface area (Å²) in [4.78, 5) is 54.0. The normalized spacial score (nSPS) is 29.3. The second kappa shape index (κ2) is 51.2. The van der Waals surface area contributed by atoms with Gasteiger partial charge in [0.05, 0.1) is 110 Å². The van der Waals surface area contributed by atoms with Gasteiger partial charge in [-0.05, 0) is 118 Å². The number of nitrogens with one attached hydrogen (secondary N) is 1. The molecule has 3 saturated heterocycles. The van der Waals surface area contributed by atoms with Crippen LogP contribution in [0.25, 0.3) is 0 Å². The molecule has 14 N–H and O–H groups in total. The SMILES string of the molecule is COP(O)(=S)OCCCCCCCCOCC(COCCCOP(O)(=S)OCCCCO[C@@H]1OC(CO)[C@H](O)[C@H](O)C1C)(COCCCOP(O)(=S)OCCCCO[C@@H]1OC(CO)[C@H](O)[C@H](O)C1C)COCCCOP(O)(=S)OCCCCO[C@@H]1OC(CO)[C@H](O)[C@H](O)C1NC(C)=O. The first-order valence-electron chi connectivity index (χ1n) is 33.3. The molecule has 0 aliphatic carbocycles. The highest BCUT2D eigenvalue weighted by Crippen LogP contribution is 2.46. The molecule has 19 atom stereocenters. The van der Waals surface area contributed by atoms with Crippen LogP contribution in [0, 0.1) is 17.3 Å². The fourth-order valence-corrected chi connectivity index (χ4v) is 14.4. The maximum Gasteiger partial charge on any atom is 0.324 e. The Labute approximate surface area is 596 Å². The minimum atomic E-state index is -3.69. The highest BCUT2D eigenvalue weighted by atomic mass is 32.5. The third kappa shape index (κ3) is 38.1. The standard InChI is InChI=1S/C57H113NO32P4S4/c1-41-48(63)50(65)44(34-59)88-54(41)78-24-11-14-28-82-92(70,96)85-31-17-21-75-38-57(37-74-20-9-7-5-6-8-10-27-81-91(69,95)73-4,39-76-22-18-32-86-93(71,97)83-29-15-12-25-79-55-42(2)49(64)51(66)45(35-60)89-55)40-77-23-19-33-87-94(72,98)84-30-16-13-26-80-56-47(58-43(3)62)53(68)52(67)46(36-61)90-56/h41-42,44-56,59-61,63-68H,5-40H2,1-4H3,(H,58,62)(H,69,95)(H,70,96)(H,71,97)(H,72,98)/t41?,42?,44?,45?,46?,47?,48-,49-,50+,51+,52+,53-,54-,55-,56-,57?,91?,92?,93?,94?/m1/s1. The van der Waals surface area contributed by atoms with Gasteiger partial charge in [-0.2, -0.15) is 0 Å². The van der Waals surface area contributed by atoms with E-state index in [-0.39, 0.29) is 112 Å². The maximum absolute atomic E-state index is 11.8. The zero-order valence-electron chi connectivity index (χ0n) is 56.6. The number of aliphatic hydroxyl groups is 9. The van der Waals surface area contributed by atoms with Gasteiger partial charge in [0, 0.05) is 72.1 Å². The van der Waals surface area contributed by atoms with Crippen molar-refractivity contribution in [3.8, 4) is 0 Å². The van der Waals surface area contributed by atoms with E-state index in [0.717, 1.165) is 32.1 Å². The van der Waals surface area contributed by atoms with Crippen LogP contribution in [0.4, 0.5) is 0 Å². The Morgan fingerprint density at radius 2 is 0.653 bits per heavy atom. The summed E-state index contributed by atoms with van der Waals surface area (Å²) in [5.74, 6) is -1.58. The number of hydrogen-bond donors (Lipinski definition) is 14. The van der Waals surface area contributed by atoms with Crippen molar-refractivity contribution in [2.45, 2.75) is 197 Å². The average molecular weight is 1580 g/mol. The van der Waals surface area contributed by atoms with Gasteiger partial charge in [0.15, 0.2) is 18.9 Å². The van der Waals surface area contributed by atoms with E-state index in [1.807, 2.05) is 0 Å². The highest BCUT2D eigenvalue weighted by Gasteiger charge is 2.46. The molecule has 0 radical (unpaired) electrons. The third-order valence-corrected chi connectivity index (χ3v) is 22.4. The molecule has 1 amide bonds. The maximum atomic E-state index is 11.8. The molecule has 0 aromatic carbocycles. The van der Waals surface area contributed by atoms with E-state index in [4.69, 9.17) is 131 Å². The van der Waals surface area contributed by atoms with Crippen LogP contribution in [-0.2, 0) is 136 Å². The number of unbranched alkanes of at least 4 members (excludes halogenated alkanes) is 8. The Morgan fingerprint density at radius 3 is 0.990 bits per heavy atom. The molecule has 3 heterocycles.